The molecule has 1 atom stereocenters. The van der Waals surface area contributed by atoms with Crippen molar-refractivity contribution in [2.45, 2.75) is 63.7 Å². The Hall–Kier alpha value is -1.80. The van der Waals surface area contributed by atoms with Crippen molar-refractivity contribution in [2.24, 2.45) is 11.8 Å². The van der Waals surface area contributed by atoms with E-state index in [4.69, 9.17) is 0 Å². The van der Waals surface area contributed by atoms with Crippen molar-refractivity contribution < 1.29 is 23.1 Å². The first-order chi connectivity index (χ1) is 11.3. The third kappa shape index (κ3) is 3.21. The first-order valence-electron chi connectivity index (χ1n) is 8.25. The van der Waals surface area contributed by atoms with E-state index in [1.54, 1.807) is 0 Å². The number of aliphatic carboxylic acids is 1. The molecule has 0 radical (unpaired) electrons. The first kappa shape index (κ1) is 17.0. The Morgan fingerprint density at radius 2 is 1.88 bits per heavy atom. The van der Waals surface area contributed by atoms with Crippen LogP contribution in [0.4, 0.5) is 13.2 Å². The molecule has 0 spiro atoms. The standard InChI is InChI=1S/C15H20F3N3O3/c16-15(17,18)10-6-4-9(5-7-10)8-20-14(24)21-11(13(22)23)2-1-3-12(21)19-20/h9-11H,1-8H2,(H,22,23). The highest BCUT2D eigenvalue weighted by atomic mass is 19.4. The van der Waals surface area contributed by atoms with Crippen molar-refractivity contribution in [2.75, 3.05) is 0 Å². The van der Waals surface area contributed by atoms with E-state index in [9.17, 15) is 27.9 Å². The van der Waals surface area contributed by atoms with E-state index in [0.29, 0.717) is 37.9 Å². The smallest absolute Gasteiger partial charge is 0.391 e. The number of nitrogens with zero attached hydrogens (tertiary/aromatic N) is 3. The Morgan fingerprint density at radius 3 is 2.46 bits per heavy atom. The molecule has 1 unspecified atom stereocenters. The van der Waals surface area contributed by atoms with Gasteiger partial charge in [-0.1, -0.05) is 0 Å². The number of hydrogen-bond acceptors (Lipinski definition) is 3. The first-order valence-corrected chi connectivity index (χ1v) is 8.25. The van der Waals surface area contributed by atoms with Crippen molar-refractivity contribution in [3.8, 4) is 0 Å². The van der Waals surface area contributed by atoms with Gasteiger partial charge in [-0.25, -0.2) is 14.3 Å². The highest BCUT2D eigenvalue weighted by molar-refractivity contribution is 5.72. The monoisotopic (exact) mass is 347 g/mol. The molecule has 0 bridgehead atoms. The van der Waals surface area contributed by atoms with Crippen LogP contribution in [0.15, 0.2) is 4.79 Å². The summed E-state index contributed by atoms with van der Waals surface area (Å²) in [6.07, 6.45) is -1.59. The highest BCUT2D eigenvalue weighted by Gasteiger charge is 2.41. The molecule has 1 fully saturated rings. The van der Waals surface area contributed by atoms with Crippen molar-refractivity contribution in [3.63, 3.8) is 0 Å². The lowest BCUT2D eigenvalue weighted by molar-refractivity contribution is -0.184. The van der Waals surface area contributed by atoms with Gasteiger partial charge in [0.15, 0.2) is 0 Å². The van der Waals surface area contributed by atoms with Gasteiger partial charge >= 0.3 is 17.8 Å². The van der Waals surface area contributed by atoms with Gasteiger partial charge in [0.05, 0.1) is 5.92 Å². The van der Waals surface area contributed by atoms with E-state index in [0.717, 1.165) is 0 Å². The normalized spacial score (nSPS) is 27.7. The molecule has 1 saturated carbocycles. The maximum atomic E-state index is 12.7. The number of aryl methyl sites for hydroxylation is 1. The highest BCUT2D eigenvalue weighted by Crippen LogP contribution is 2.39. The van der Waals surface area contributed by atoms with Crippen LogP contribution in [0.3, 0.4) is 0 Å². The molecule has 2 aliphatic rings. The quantitative estimate of drug-likeness (QED) is 0.911. The number of rotatable bonds is 3. The third-order valence-corrected chi connectivity index (χ3v) is 5.16. The van der Waals surface area contributed by atoms with Gasteiger partial charge in [0, 0.05) is 13.0 Å². The SMILES string of the molecule is O=C(O)C1CCCc2nn(CC3CCC(C(F)(F)F)CC3)c(=O)n21. The Labute approximate surface area is 136 Å². The van der Waals surface area contributed by atoms with Crippen LogP contribution in [0, 0.1) is 11.8 Å². The lowest BCUT2D eigenvalue weighted by Gasteiger charge is -2.29. The van der Waals surface area contributed by atoms with Gasteiger partial charge in [-0.2, -0.15) is 18.3 Å². The maximum absolute atomic E-state index is 12.7. The summed E-state index contributed by atoms with van der Waals surface area (Å²) in [4.78, 5) is 23.7. The molecule has 9 heteroatoms. The maximum Gasteiger partial charge on any atom is 0.391 e. The van der Waals surface area contributed by atoms with Crippen LogP contribution in [0.5, 0.6) is 0 Å². The van der Waals surface area contributed by atoms with Gasteiger partial charge in [-0.15, -0.1) is 0 Å². The zero-order valence-electron chi connectivity index (χ0n) is 13.1. The van der Waals surface area contributed by atoms with Gasteiger partial charge in [-0.05, 0) is 44.4 Å². The van der Waals surface area contributed by atoms with E-state index in [1.807, 2.05) is 0 Å². The molecule has 1 aliphatic carbocycles. The topological polar surface area (TPSA) is 77.1 Å². The van der Waals surface area contributed by atoms with Crippen LogP contribution in [0.25, 0.3) is 0 Å². The number of aromatic nitrogens is 3. The molecule has 1 aromatic rings. The minimum absolute atomic E-state index is 0.0264. The van der Waals surface area contributed by atoms with Crippen LogP contribution >= 0.6 is 0 Å². The number of halogens is 3. The summed E-state index contributed by atoms with van der Waals surface area (Å²) in [5.74, 6) is -1.87. The summed E-state index contributed by atoms with van der Waals surface area (Å²) >= 11 is 0. The Bertz CT molecular complexity index is 672. The molecule has 1 aromatic heterocycles. The van der Waals surface area contributed by atoms with Gasteiger partial charge in [0.2, 0.25) is 0 Å². The van der Waals surface area contributed by atoms with Crippen LogP contribution in [-0.4, -0.2) is 31.6 Å². The van der Waals surface area contributed by atoms with Crippen LogP contribution < -0.4 is 5.69 Å². The number of alkyl halides is 3. The fraction of sp³-hybridized carbons (Fsp3) is 0.800. The van der Waals surface area contributed by atoms with Crippen LogP contribution in [0.2, 0.25) is 0 Å². The summed E-state index contributed by atoms with van der Waals surface area (Å²) in [5.41, 5.74) is -0.463. The summed E-state index contributed by atoms with van der Waals surface area (Å²) in [5, 5.41) is 13.5. The molecule has 1 N–H and O–H groups in total. The molecule has 134 valence electrons. The van der Waals surface area contributed by atoms with Crippen molar-refractivity contribution in [3.05, 3.63) is 16.3 Å². The molecule has 2 heterocycles. The average molecular weight is 347 g/mol. The zero-order valence-corrected chi connectivity index (χ0v) is 13.1. The second-order valence-corrected chi connectivity index (χ2v) is 6.76. The fourth-order valence-electron chi connectivity index (χ4n) is 3.80. The van der Waals surface area contributed by atoms with Crippen LogP contribution in [0.1, 0.15) is 50.4 Å². The molecule has 0 amide bonds. The molecule has 6 nitrogen and oxygen atoms in total. The minimum Gasteiger partial charge on any atom is -0.480 e. The predicted octanol–water partition coefficient (Wildman–Crippen LogP) is 2.38. The number of carboxylic acids is 1. The Kier molecular flexibility index (Phi) is 4.44. The largest absolute Gasteiger partial charge is 0.480 e. The summed E-state index contributed by atoms with van der Waals surface area (Å²) in [6.45, 7) is 0.260. The third-order valence-electron chi connectivity index (χ3n) is 5.16. The second-order valence-electron chi connectivity index (χ2n) is 6.76. The lowest BCUT2D eigenvalue weighted by atomic mass is 9.81. The minimum atomic E-state index is -4.15. The van der Waals surface area contributed by atoms with E-state index in [1.165, 1.54) is 9.25 Å². The molecule has 0 saturated heterocycles. The van der Waals surface area contributed by atoms with Crippen molar-refractivity contribution in [1.82, 2.24) is 14.3 Å². The molecular weight excluding hydrogens is 327 g/mol. The number of fused-ring (bicyclic) bond motifs is 1. The average Bonchev–Trinajstić information content (AvgIpc) is 2.83. The van der Waals surface area contributed by atoms with Gasteiger partial charge in [0.1, 0.15) is 11.9 Å². The van der Waals surface area contributed by atoms with Crippen LogP contribution in [-0.2, 0) is 17.8 Å². The van der Waals surface area contributed by atoms with E-state index in [2.05, 4.69) is 5.10 Å². The van der Waals surface area contributed by atoms with Gasteiger partial charge < -0.3 is 5.11 Å². The predicted molar refractivity (Wildman–Crippen MR) is 77.6 cm³/mol. The fourth-order valence-corrected chi connectivity index (χ4v) is 3.80. The zero-order chi connectivity index (χ0) is 17.5. The molecule has 1 aliphatic heterocycles. The van der Waals surface area contributed by atoms with E-state index >= 15 is 0 Å². The summed E-state index contributed by atoms with van der Waals surface area (Å²) in [6, 6.07) is -0.893. The van der Waals surface area contributed by atoms with Crippen molar-refractivity contribution in [1.29, 1.82) is 0 Å². The Balaban J connectivity index is 1.72. The van der Waals surface area contributed by atoms with Crippen molar-refractivity contribution >= 4 is 5.97 Å². The van der Waals surface area contributed by atoms with Gasteiger partial charge in [-0.3, -0.25) is 4.57 Å². The van der Waals surface area contributed by atoms with Gasteiger partial charge in [0.25, 0.3) is 0 Å². The molecule has 24 heavy (non-hydrogen) atoms. The summed E-state index contributed by atoms with van der Waals surface area (Å²) < 4.78 is 40.6. The lowest BCUT2D eigenvalue weighted by Crippen LogP contribution is -2.36. The molecular formula is C15H20F3N3O3. The van der Waals surface area contributed by atoms with E-state index in [-0.39, 0.29) is 25.3 Å². The second kappa shape index (κ2) is 6.25. The molecule has 0 aromatic carbocycles. The Morgan fingerprint density at radius 1 is 1.21 bits per heavy atom. The number of hydrogen-bond donors (Lipinski definition) is 1. The van der Waals surface area contributed by atoms with E-state index < -0.39 is 29.8 Å². The number of carboxylic acid groups (broad SMARTS) is 1. The summed E-state index contributed by atoms with van der Waals surface area (Å²) in [7, 11) is 0. The number of carbonyl (C=O) groups is 1. The molecule has 3 rings (SSSR count).